The number of anilines is 1. The second-order valence-electron chi connectivity index (χ2n) is 2.09. The number of carbonyl (C=O) groups is 1. The maximum absolute atomic E-state index is 11.0. The van der Waals surface area contributed by atoms with Crippen molar-refractivity contribution in [2.75, 3.05) is 11.9 Å². The van der Waals surface area contributed by atoms with Crippen LogP contribution in [-0.2, 0) is 0 Å². The first-order valence-corrected chi connectivity index (χ1v) is 4.34. The van der Waals surface area contributed by atoms with Crippen molar-refractivity contribution in [2.45, 2.75) is 0 Å². The van der Waals surface area contributed by atoms with Crippen molar-refractivity contribution in [2.24, 2.45) is 5.84 Å². The molecule has 0 fully saturated rings. The summed E-state index contributed by atoms with van der Waals surface area (Å²) in [4.78, 5) is 12.4. The van der Waals surface area contributed by atoms with Crippen LogP contribution in [-0.4, -0.2) is 13.1 Å². The molecule has 0 radical (unpaired) electrons. The molecule has 2 amide bonds. The van der Waals surface area contributed by atoms with E-state index in [4.69, 9.17) is 17.4 Å². The van der Waals surface area contributed by atoms with E-state index in [1.807, 2.05) is 5.43 Å². The van der Waals surface area contributed by atoms with Gasteiger partial charge in [-0.25, -0.2) is 10.6 Å². The Morgan fingerprint density at radius 1 is 1.75 bits per heavy atom. The zero-order valence-corrected chi connectivity index (χ0v) is 7.95. The van der Waals surface area contributed by atoms with E-state index in [1.165, 1.54) is 16.2 Å². The number of carbonyl (C=O) groups excluding carboxylic acids is 1. The summed E-state index contributed by atoms with van der Waals surface area (Å²) in [5.74, 6) is 4.95. The molecule has 0 aromatic carbocycles. The third kappa shape index (κ3) is 1.88. The van der Waals surface area contributed by atoms with Crippen LogP contribution >= 0.6 is 22.9 Å². The highest BCUT2D eigenvalue weighted by atomic mass is 35.5. The van der Waals surface area contributed by atoms with Gasteiger partial charge in [-0.2, -0.15) is 0 Å². The van der Waals surface area contributed by atoms with E-state index in [1.54, 1.807) is 19.2 Å². The molecule has 0 atom stereocenters. The van der Waals surface area contributed by atoms with Gasteiger partial charge in [-0.3, -0.25) is 10.3 Å². The topological polar surface area (TPSA) is 58.4 Å². The van der Waals surface area contributed by atoms with Gasteiger partial charge in [0.05, 0.1) is 4.34 Å². The number of urea groups is 1. The summed E-state index contributed by atoms with van der Waals surface area (Å²) < 4.78 is 0.640. The van der Waals surface area contributed by atoms with E-state index in [-0.39, 0.29) is 6.03 Å². The van der Waals surface area contributed by atoms with Gasteiger partial charge < -0.3 is 0 Å². The van der Waals surface area contributed by atoms with Gasteiger partial charge in [0, 0.05) is 7.05 Å². The van der Waals surface area contributed by atoms with Crippen LogP contribution in [0, 0.1) is 0 Å². The Kier molecular flexibility index (Phi) is 2.91. The average molecular weight is 206 g/mol. The molecule has 0 aliphatic carbocycles. The molecule has 6 heteroatoms. The Morgan fingerprint density at radius 3 is 2.83 bits per heavy atom. The van der Waals surface area contributed by atoms with Gasteiger partial charge in [-0.15, -0.1) is 11.3 Å². The lowest BCUT2D eigenvalue weighted by atomic mass is 10.6. The smallest absolute Gasteiger partial charge is 0.288 e. The minimum absolute atomic E-state index is 0.367. The molecule has 66 valence electrons. The number of rotatable bonds is 1. The van der Waals surface area contributed by atoms with Crippen LogP contribution in [0.5, 0.6) is 0 Å². The highest BCUT2D eigenvalue weighted by Crippen LogP contribution is 2.28. The van der Waals surface area contributed by atoms with Crippen LogP contribution in [0.2, 0.25) is 4.34 Å². The second kappa shape index (κ2) is 3.75. The number of hydrogen-bond donors (Lipinski definition) is 2. The standard InChI is InChI=1S/C6H8ClN3OS/c1-10(6(11)9-8)5-3-2-4(7)12-5/h2-3H,8H2,1H3,(H,9,11). The van der Waals surface area contributed by atoms with Gasteiger partial charge in [0.2, 0.25) is 0 Å². The first kappa shape index (κ1) is 9.31. The zero-order chi connectivity index (χ0) is 9.14. The molecule has 3 N–H and O–H groups in total. The summed E-state index contributed by atoms with van der Waals surface area (Å²) in [6.07, 6.45) is 0. The molecular formula is C6H8ClN3OS. The first-order chi connectivity index (χ1) is 5.65. The van der Waals surface area contributed by atoms with Gasteiger partial charge in [0.15, 0.2) is 0 Å². The summed E-state index contributed by atoms with van der Waals surface area (Å²) in [5, 5.41) is 0.753. The lowest BCUT2D eigenvalue weighted by Gasteiger charge is -2.12. The predicted octanol–water partition coefficient (Wildman–Crippen LogP) is 1.42. The van der Waals surface area contributed by atoms with Crippen molar-refractivity contribution in [3.8, 4) is 0 Å². The molecule has 4 nitrogen and oxygen atoms in total. The van der Waals surface area contributed by atoms with Gasteiger partial charge >= 0.3 is 6.03 Å². The van der Waals surface area contributed by atoms with Crippen LogP contribution < -0.4 is 16.2 Å². The average Bonchev–Trinajstić information content (AvgIpc) is 2.49. The summed E-state index contributed by atoms with van der Waals surface area (Å²) in [6.45, 7) is 0. The number of amides is 2. The lowest BCUT2D eigenvalue weighted by molar-refractivity contribution is 0.248. The summed E-state index contributed by atoms with van der Waals surface area (Å²) in [6, 6.07) is 3.11. The van der Waals surface area contributed by atoms with Gasteiger partial charge in [0.1, 0.15) is 5.00 Å². The summed E-state index contributed by atoms with van der Waals surface area (Å²) >= 11 is 7.00. The van der Waals surface area contributed by atoms with Crippen LogP contribution in [0.3, 0.4) is 0 Å². The molecule has 1 heterocycles. The molecule has 0 spiro atoms. The maximum atomic E-state index is 11.0. The number of thiophene rings is 1. The number of nitrogens with two attached hydrogens (primary N) is 1. The molecule has 12 heavy (non-hydrogen) atoms. The van der Waals surface area contributed by atoms with Gasteiger partial charge in [-0.1, -0.05) is 11.6 Å². The number of nitrogens with zero attached hydrogens (tertiary/aromatic N) is 1. The Bertz CT molecular complexity index is 288. The molecule has 1 aromatic heterocycles. The van der Waals surface area contributed by atoms with Gasteiger partial charge in [0.25, 0.3) is 0 Å². The van der Waals surface area contributed by atoms with Gasteiger partial charge in [-0.05, 0) is 12.1 Å². The van der Waals surface area contributed by atoms with Crippen molar-refractivity contribution in [1.82, 2.24) is 5.43 Å². The Balaban J connectivity index is 2.77. The molecule has 0 aliphatic rings. The monoisotopic (exact) mass is 205 g/mol. The number of halogens is 1. The van der Waals surface area contributed by atoms with E-state index >= 15 is 0 Å². The molecule has 0 saturated heterocycles. The Morgan fingerprint density at radius 2 is 2.42 bits per heavy atom. The van der Waals surface area contributed by atoms with E-state index in [0.29, 0.717) is 4.34 Å². The molecule has 0 aliphatic heterocycles. The summed E-state index contributed by atoms with van der Waals surface area (Å²) in [5.41, 5.74) is 2.02. The summed E-state index contributed by atoms with van der Waals surface area (Å²) in [7, 11) is 1.62. The first-order valence-electron chi connectivity index (χ1n) is 3.15. The van der Waals surface area contributed by atoms with Crippen LogP contribution in [0.1, 0.15) is 0 Å². The normalized spacial score (nSPS) is 9.58. The molecule has 0 saturated carbocycles. The van der Waals surface area contributed by atoms with E-state index < -0.39 is 0 Å². The molecular weight excluding hydrogens is 198 g/mol. The largest absolute Gasteiger partial charge is 0.336 e. The molecule has 1 aromatic rings. The predicted molar refractivity (Wildman–Crippen MR) is 50.5 cm³/mol. The Labute approximate surface area is 78.9 Å². The highest BCUT2D eigenvalue weighted by Gasteiger charge is 2.10. The van der Waals surface area contributed by atoms with Crippen molar-refractivity contribution in [3.05, 3.63) is 16.5 Å². The van der Waals surface area contributed by atoms with E-state index in [9.17, 15) is 4.79 Å². The molecule has 0 unspecified atom stereocenters. The number of hydrazine groups is 1. The van der Waals surface area contributed by atoms with Crippen LogP contribution in [0.25, 0.3) is 0 Å². The fourth-order valence-electron chi connectivity index (χ4n) is 0.682. The SMILES string of the molecule is CN(C(=O)NN)c1ccc(Cl)s1. The number of hydrogen-bond acceptors (Lipinski definition) is 3. The van der Waals surface area contributed by atoms with E-state index in [2.05, 4.69) is 0 Å². The maximum Gasteiger partial charge on any atom is 0.336 e. The van der Waals surface area contributed by atoms with E-state index in [0.717, 1.165) is 5.00 Å². The van der Waals surface area contributed by atoms with Crippen molar-refractivity contribution < 1.29 is 4.79 Å². The second-order valence-corrected chi connectivity index (χ2v) is 3.78. The minimum atomic E-state index is -0.367. The number of nitrogens with one attached hydrogen (secondary N) is 1. The minimum Gasteiger partial charge on any atom is -0.288 e. The highest BCUT2D eigenvalue weighted by molar-refractivity contribution is 7.20. The Hall–Kier alpha value is -0.780. The lowest BCUT2D eigenvalue weighted by Crippen LogP contribution is -2.40. The fourth-order valence-corrected chi connectivity index (χ4v) is 1.67. The van der Waals surface area contributed by atoms with Crippen molar-refractivity contribution in [3.63, 3.8) is 0 Å². The van der Waals surface area contributed by atoms with Crippen molar-refractivity contribution in [1.29, 1.82) is 0 Å². The third-order valence-corrected chi connectivity index (χ3v) is 2.63. The van der Waals surface area contributed by atoms with Crippen LogP contribution in [0.4, 0.5) is 9.80 Å². The third-order valence-electron chi connectivity index (χ3n) is 1.32. The molecule has 1 rings (SSSR count). The van der Waals surface area contributed by atoms with Crippen molar-refractivity contribution >= 4 is 34.0 Å². The quantitative estimate of drug-likeness (QED) is 0.414. The molecule has 0 bridgehead atoms. The zero-order valence-electron chi connectivity index (χ0n) is 6.37. The fraction of sp³-hybridized carbons (Fsp3) is 0.167. The van der Waals surface area contributed by atoms with Crippen LogP contribution in [0.15, 0.2) is 12.1 Å².